The van der Waals surface area contributed by atoms with E-state index in [2.05, 4.69) is 0 Å². The smallest absolute Gasteiger partial charge is 0.186 e. The maximum Gasteiger partial charge on any atom is 0.186 e. The molecule has 1 aliphatic rings. The van der Waals surface area contributed by atoms with Crippen molar-refractivity contribution in [1.82, 2.24) is 0 Å². The molecule has 2 atom stereocenters. The van der Waals surface area contributed by atoms with Crippen LogP contribution >= 0.6 is 11.8 Å². The predicted octanol–water partition coefficient (Wildman–Crippen LogP) is 3.02. The first-order valence-corrected chi connectivity index (χ1v) is 8.88. The highest BCUT2D eigenvalue weighted by atomic mass is 32.2. The van der Waals surface area contributed by atoms with Crippen molar-refractivity contribution >= 4 is 21.6 Å². The molecule has 0 aliphatic carbocycles. The van der Waals surface area contributed by atoms with E-state index in [-0.39, 0.29) is 11.0 Å². The van der Waals surface area contributed by atoms with Gasteiger partial charge in [0.2, 0.25) is 0 Å². The van der Waals surface area contributed by atoms with Crippen LogP contribution in [0, 0.1) is 0 Å². The number of hydrogen-bond donors (Lipinski definition) is 1. The monoisotopic (exact) mass is 306 g/mol. The molecule has 2 aromatic rings. The van der Waals surface area contributed by atoms with Crippen molar-refractivity contribution in [3.05, 3.63) is 60.2 Å². The van der Waals surface area contributed by atoms with Crippen molar-refractivity contribution in [3.8, 4) is 5.75 Å². The largest absolute Gasteiger partial charge is 0.508 e. The Labute approximate surface area is 122 Å². The molecular weight excluding hydrogens is 292 g/mol. The molecule has 5 heteroatoms. The average molecular weight is 306 g/mol. The second kappa shape index (κ2) is 5.14. The van der Waals surface area contributed by atoms with Gasteiger partial charge in [-0.1, -0.05) is 30.3 Å². The third-order valence-electron chi connectivity index (χ3n) is 3.30. The van der Waals surface area contributed by atoms with E-state index in [1.165, 1.54) is 0 Å². The molecule has 0 aromatic heterocycles. The van der Waals surface area contributed by atoms with Gasteiger partial charge >= 0.3 is 0 Å². The molecule has 0 radical (unpaired) electrons. The summed E-state index contributed by atoms with van der Waals surface area (Å²) in [6, 6.07) is 15.1. The number of benzene rings is 2. The summed E-state index contributed by atoms with van der Waals surface area (Å²) >= 11 is 1.64. The number of sulfone groups is 1. The maximum atomic E-state index is 12.8. The molecule has 1 heterocycles. The van der Waals surface area contributed by atoms with Crippen LogP contribution < -0.4 is 0 Å². The third-order valence-corrected chi connectivity index (χ3v) is 6.66. The van der Waals surface area contributed by atoms with E-state index < -0.39 is 15.1 Å². The van der Waals surface area contributed by atoms with Gasteiger partial charge in [-0.05, 0) is 29.8 Å². The highest BCUT2D eigenvalue weighted by Gasteiger charge is 2.42. The van der Waals surface area contributed by atoms with Crippen molar-refractivity contribution in [1.29, 1.82) is 0 Å². The molecule has 1 aliphatic heterocycles. The topological polar surface area (TPSA) is 54.4 Å². The summed E-state index contributed by atoms with van der Waals surface area (Å²) in [4.78, 5) is 0.334. The van der Waals surface area contributed by atoms with Gasteiger partial charge in [0.15, 0.2) is 9.84 Å². The second-order valence-corrected chi connectivity index (χ2v) is 8.09. The van der Waals surface area contributed by atoms with Gasteiger partial charge in [0.05, 0.1) is 4.90 Å². The third kappa shape index (κ3) is 2.55. The number of hydrogen-bond acceptors (Lipinski definition) is 4. The van der Waals surface area contributed by atoms with Gasteiger partial charge in [0.1, 0.15) is 11.0 Å². The minimum absolute atomic E-state index is 0.0713. The Morgan fingerprint density at radius 1 is 1.10 bits per heavy atom. The standard InChI is InChI=1S/C15H14O3S2/c16-12-6-4-5-11(9-12)15(14-10-19-14)20(17,18)13-7-2-1-3-8-13/h1-9,14-16H,10H2. The van der Waals surface area contributed by atoms with E-state index in [1.807, 2.05) is 0 Å². The Kier molecular flexibility index (Phi) is 3.48. The summed E-state index contributed by atoms with van der Waals surface area (Å²) in [5.74, 6) is 0.938. The Balaban J connectivity index is 2.08. The van der Waals surface area contributed by atoms with Gasteiger partial charge < -0.3 is 5.11 Å². The lowest BCUT2D eigenvalue weighted by atomic mass is 10.1. The number of thioether (sulfide) groups is 1. The van der Waals surface area contributed by atoms with E-state index in [0.717, 1.165) is 5.75 Å². The lowest BCUT2D eigenvalue weighted by Crippen LogP contribution is -2.18. The van der Waals surface area contributed by atoms with E-state index in [4.69, 9.17) is 0 Å². The first kappa shape index (κ1) is 13.5. The summed E-state index contributed by atoms with van der Waals surface area (Å²) < 4.78 is 25.7. The fourth-order valence-corrected chi connectivity index (χ4v) is 5.54. The van der Waals surface area contributed by atoms with E-state index in [9.17, 15) is 13.5 Å². The normalized spacial score (nSPS) is 19.5. The van der Waals surface area contributed by atoms with E-state index >= 15 is 0 Å². The van der Waals surface area contributed by atoms with Crippen LogP contribution in [0.4, 0.5) is 0 Å². The molecule has 1 saturated heterocycles. The molecule has 0 amide bonds. The van der Waals surface area contributed by atoms with Crippen LogP contribution in [0.25, 0.3) is 0 Å². The first-order chi connectivity index (χ1) is 9.59. The summed E-state index contributed by atoms with van der Waals surface area (Å²) in [5.41, 5.74) is 0.656. The van der Waals surface area contributed by atoms with Gasteiger partial charge in [-0.25, -0.2) is 8.42 Å². The highest BCUT2D eigenvalue weighted by molar-refractivity contribution is 8.08. The Bertz CT molecular complexity index is 707. The highest BCUT2D eigenvalue weighted by Crippen LogP contribution is 2.47. The Morgan fingerprint density at radius 3 is 2.40 bits per heavy atom. The van der Waals surface area contributed by atoms with Gasteiger partial charge in [-0.2, -0.15) is 11.8 Å². The van der Waals surface area contributed by atoms with Crippen LogP contribution in [-0.4, -0.2) is 24.5 Å². The van der Waals surface area contributed by atoms with Gasteiger partial charge in [0, 0.05) is 11.0 Å². The molecule has 1 fully saturated rings. The number of phenolic OH excluding ortho intramolecular Hbond substituents is 1. The zero-order chi connectivity index (χ0) is 14.2. The lowest BCUT2D eigenvalue weighted by Gasteiger charge is -2.17. The minimum Gasteiger partial charge on any atom is -0.508 e. The van der Waals surface area contributed by atoms with Gasteiger partial charge in [0.25, 0.3) is 0 Å². The molecule has 3 nitrogen and oxygen atoms in total. The minimum atomic E-state index is -3.44. The fraction of sp³-hybridized carbons (Fsp3) is 0.200. The first-order valence-electron chi connectivity index (χ1n) is 6.28. The molecule has 3 rings (SSSR count). The summed E-state index contributed by atoms with van der Waals surface area (Å²) in [6.07, 6.45) is 0. The van der Waals surface area contributed by atoms with Crippen molar-refractivity contribution in [3.63, 3.8) is 0 Å². The molecule has 1 N–H and O–H groups in total. The summed E-state index contributed by atoms with van der Waals surface area (Å²) in [6.45, 7) is 0. The predicted molar refractivity (Wildman–Crippen MR) is 80.7 cm³/mol. The average Bonchev–Trinajstić information content (AvgIpc) is 3.24. The fourth-order valence-electron chi connectivity index (χ4n) is 2.28. The molecular formula is C15H14O3S2. The van der Waals surface area contributed by atoms with Gasteiger partial charge in [-0.15, -0.1) is 0 Å². The quantitative estimate of drug-likeness (QED) is 0.882. The molecule has 20 heavy (non-hydrogen) atoms. The lowest BCUT2D eigenvalue weighted by molar-refractivity contribution is 0.474. The molecule has 2 unspecified atom stereocenters. The summed E-state index contributed by atoms with van der Waals surface area (Å²) in [5, 5.41) is 9.07. The molecule has 104 valence electrons. The Morgan fingerprint density at radius 2 is 1.80 bits per heavy atom. The zero-order valence-corrected chi connectivity index (χ0v) is 12.3. The van der Waals surface area contributed by atoms with Crippen molar-refractivity contribution in [2.24, 2.45) is 0 Å². The van der Waals surface area contributed by atoms with E-state index in [0.29, 0.717) is 10.5 Å². The molecule has 0 spiro atoms. The Hall–Kier alpha value is -1.46. The van der Waals surface area contributed by atoms with Gasteiger partial charge in [-0.3, -0.25) is 0 Å². The van der Waals surface area contributed by atoms with Crippen LogP contribution in [0.15, 0.2) is 59.5 Å². The summed E-state index contributed by atoms with van der Waals surface area (Å²) in [7, 11) is -3.44. The SMILES string of the molecule is O=S(=O)(c1ccccc1)C(c1cccc(O)c1)C1CS1. The molecule has 2 aromatic carbocycles. The van der Waals surface area contributed by atoms with Crippen LogP contribution in [0.3, 0.4) is 0 Å². The molecule has 0 saturated carbocycles. The second-order valence-electron chi connectivity index (χ2n) is 4.75. The molecule has 0 bridgehead atoms. The van der Waals surface area contributed by atoms with E-state index in [1.54, 1.807) is 66.4 Å². The van der Waals surface area contributed by atoms with Crippen LogP contribution in [0.5, 0.6) is 5.75 Å². The van der Waals surface area contributed by atoms with Crippen LogP contribution in [-0.2, 0) is 9.84 Å². The van der Waals surface area contributed by atoms with Crippen molar-refractivity contribution < 1.29 is 13.5 Å². The van der Waals surface area contributed by atoms with Crippen LogP contribution in [0.2, 0.25) is 0 Å². The van der Waals surface area contributed by atoms with Crippen molar-refractivity contribution in [2.45, 2.75) is 15.4 Å². The number of rotatable bonds is 4. The van der Waals surface area contributed by atoms with Crippen LogP contribution in [0.1, 0.15) is 10.8 Å². The number of aromatic hydroxyl groups is 1. The maximum absolute atomic E-state index is 12.8. The number of phenols is 1. The zero-order valence-electron chi connectivity index (χ0n) is 10.6. The van der Waals surface area contributed by atoms with Crippen molar-refractivity contribution in [2.75, 3.05) is 5.75 Å².